The normalized spacial score (nSPS) is 10.3. The van der Waals surface area contributed by atoms with E-state index in [2.05, 4.69) is 5.32 Å². The smallest absolute Gasteiger partial charge is 0.226 e. The first-order chi connectivity index (χ1) is 8.66. The number of rotatable bonds is 4. The van der Waals surface area contributed by atoms with Crippen LogP contribution in [-0.2, 0) is 11.3 Å². The van der Waals surface area contributed by atoms with Crippen molar-refractivity contribution in [3.8, 4) is 0 Å². The number of nitrogens with zero attached hydrogens (tertiary/aromatic N) is 1. The molecule has 1 aromatic carbocycles. The third kappa shape index (κ3) is 2.94. The number of aryl methyl sites for hydroxylation is 1. The maximum absolute atomic E-state index is 13.3. The van der Waals surface area contributed by atoms with E-state index in [1.54, 1.807) is 0 Å². The Balaban J connectivity index is 1.95. The Morgan fingerprint density at radius 3 is 2.33 bits per heavy atom. The molecule has 0 aliphatic carbocycles. The first-order valence-electron chi connectivity index (χ1n) is 5.51. The van der Waals surface area contributed by atoms with Gasteiger partial charge in [-0.25, -0.2) is 8.78 Å². The third-order valence-electron chi connectivity index (χ3n) is 2.49. The van der Waals surface area contributed by atoms with Gasteiger partial charge in [0.25, 0.3) is 0 Å². The predicted molar refractivity (Wildman–Crippen MR) is 64.0 cm³/mol. The molecule has 1 aromatic heterocycles. The molecule has 0 spiro atoms. The number of para-hydroxylation sites is 1. The molecule has 0 atom stereocenters. The lowest BCUT2D eigenvalue weighted by molar-refractivity contribution is -0.116. The summed E-state index contributed by atoms with van der Waals surface area (Å²) >= 11 is 0. The van der Waals surface area contributed by atoms with E-state index in [9.17, 15) is 13.6 Å². The van der Waals surface area contributed by atoms with Crippen molar-refractivity contribution in [2.45, 2.75) is 13.0 Å². The van der Waals surface area contributed by atoms with Gasteiger partial charge in [0.2, 0.25) is 5.91 Å². The van der Waals surface area contributed by atoms with Gasteiger partial charge in [-0.15, -0.1) is 0 Å². The second kappa shape index (κ2) is 5.44. The standard InChI is InChI=1S/C13H12F2N2O/c14-10-4-3-5-11(15)13(10)16-12(18)6-9-17-7-1-2-8-17/h1-5,7-8H,6,9H2,(H,16,18). The van der Waals surface area contributed by atoms with Crippen LogP contribution in [0.4, 0.5) is 14.5 Å². The highest BCUT2D eigenvalue weighted by atomic mass is 19.1. The molecule has 0 aliphatic rings. The molecule has 0 aliphatic heterocycles. The van der Waals surface area contributed by atoms with Crippen molar-refractivity contribution in [3.63, 3.8) is 0 Å². The van der Waals surface area contributed by atoms with E-state index in [0.717, 1.165) is 12.1 Å². The van der Waals surface area contributed by atoms with Gasteiger partial charge < -0.3 is 9.88 Å². The van der Waals surface area contributed by atoms with Crippen LogP contribution in [0, 0.1) is 11.6 Å². The molecule has 0 bridgehead atoms. The largest absolute Gasteiger partial charge is 0.354 e. The van der Waals surface area contributed by atoms with Gasteiger partial charge in [-0.2, -0.15) is 0 Å². The summed E-state index contributed by atoms with van der Waals surface area (Å²) in [6, 6.07) is 7.14. The van der Waals surface area contributed by atoms with Crippen molar-refractivity contribution in [2.24, 2.45) is 0 Å². The van der Waals surface area contributed by atoms with Gasteiger partial charge in [-0.1, -0.05) is 6.07 Å². The van der Waals surface area contributed by atoms with Crippen molar-refractivity contribution in [1.82, 2.24) is 4.57 Å². The van der Waals surface area contributed by atoms with Crippen LogP contribution >= 0.6 is 0 Å². The number of nitrogens with one attached hydrogen (secondary N) is 1. The van der Waals surface area contributed by atoms with Crippen LogP contribution in [0.25, 0.3) is 0 Å². The molecule has 1 heterocycles. The average molecular weight is 250 g/mol. The van der Waals surface area contributed by atoms with E-state index in [1.165, 1.54) is 6.07 Å². The lowest BCUT2D eigenvalue weighted by atomic mass is 10.2. The Morgan fingerprint density at radius 1 is 1.11 bits per heavy atom. The Morgan fingerprint density at radius 2 is 1.72 bits per heavy atom. The van der Waals surface area contributed by atoms with Gasteiger partial charge >= 0.3 is 0 Å². The number of hydrogen-bond acceptors (Lipinski definition) is 1. The van der Waals surface area contributed by atoms with Gasteiger partial charge in [-0.05, 0) is 24.3 Å². The lowest BCUT2D eigenvalue weighted by Crippen LogP contribution is -2.16. The summed E-state index contributed by atoms with van der Waals surface area (Å²) in [6.45, 7) is 0.467. The van der Waals surface area contributed by atoms with E-state index >= 15 is 0 Å². The summed E-state index contributed by atoms with van der Waals surface area (Å²) in [5, 5.41) is 2.24. The maximum Gasteiger partial charge on any atom is 0.226 e. The number of amides is 1. The number of anilines is 1. The van der Waals surface area contributed by atoms with Crippen LogP contribution in [0.3, 0.4) is 0 Å². The minimum Gasteiger partial charge on any atom is -0.354 e. The number of carbonyl (C=O) groups excluding carboxylic acids is 1. The Hall–Kier alpha value is -2.17. The number of halogens is 2. The molecule has 0 fully saturated rings. The van der Waals surface area contributed by atoms with Crippen molar-refractivity contribution < 1.29 is 13.6 Å². The van der Waals surface area contributed by atoms with E-state index in [1.807, 2.05) is 29.1 Å². The number of benzene rings is 1. The van der Waals surface area contributed by atoms with Crippen LogP contribution < -0.4 is 5.32 Å². The molecular formula is C13H12F2N2O. The summed E-state index contributed by atoms with van der Waals surface area (Å²) in [7, 11) is 0. The molecule has 1 amide bonds. The maximum atomic E-state index is 13.3. The number of aromatic nitrogens is 1. The molecule has 3 nitrogen and oxygen atoms in total. The highest BCUT2D eigenvalue weighted by Crippen LogP contribution is 2.18. The van der Waals surface area contributed by atoms with Crippen molar-refractivity contribution in [1.29, 1.82) is 0 Å². The molecule has 18 heavy (non-hydrogen) atoms. The average Bonchev–Trinajstić information content (AvgIpc) is 2.84. The zero-order chi connectivity index (χ0) is 13.0. The summed E-state index contributed by atoms with van der Waals surface area (Å²) in [5.74, 6) is -1.97. The van der Waals surface area contributed by atoms with Crippen molar-refractivity contribution in [3.05, 3.63) is 54.4 Å². The molecule has 0 saturated carbocycles. The van der Waals surface area contributed by atoms with Crippen molar-refractivity contribution in [2.75, 3.05) is 5.32 Å². The van der Waals surface area contributed by atoms with Gasteiger partial charge in [-0.3, -0.25) is 4.79 Å². The predicted octanol–water partition coefficient (Wildman–Crippen LogP) is 2.80. The third-order valence-corrected chi connectivity index (χ3v) is 2.49. The molecule has 5 heteroatoms. The monoisotopic (exact) mass is 250 g/mol. The van der Waals surface area contributed by atoms with Crippen LogP contribution in [-0.4, -0.2) is 10.5 Å². The van der Waals surface area contributed by atoms with Crippen LogP contribution in [0.5, 0.6) is 0 Å². The molecule has 2 rings (SSSR count). The fourth-order valence-corrected chi connectivity index (χ4v) is 1.57. The highest BCUT2D eigenvalue weighted by molar-refractivity contribution is 5.90. The lowest BCUT2D eigenvalue weighted by Gasteiger charge is -2.07. The molecule has 0 radical (unpaired) electrons. The Bertz CT molecular complexity index is 518. The second-order valence-corrected chi connectivity index (χ2v) is 3.82. The fourth-order valence-electron chi connectivity index (χ4n) is 1.57. The summed E-state index contributed by atoms with van der Waals surface area (Å²) in [6.07, 6.45) is 3.79. The van der Waals surface area contributed by atoms with E-state index in [4.69, 9.17) is 0 Å². The van der Waals surface area contributed by atoms with Crippen LogP contribution in [0.15, 0.2) is 42.7 Å². The van der Waals surface area contributed by atoms with E-state index in [0.29, 0.717) is 6.54 Å². The zero-order valence-corrected chi connectivity index (χ0v) is 9.57. The fraction of sp³-hybridized carbons (Fsp3) is 0.154. The first kappa shape index (κ1) is 12.3. The number of hydrogen-bond donors (Lipinski definition) is 1. The molecule has 1 N–H and O–H groups in total. The van der Waals surface area contributed by atoms with E-state index < -0.39 is 23.2 Å². The highest BCUT2D eigenvalue weighted by Gasteiger charge is 2.11. The number of carbonyl (C=O) groups is 1. The molecule has 0 unspecified atom stereocenters. The summed E-state index contributed by atoms with van der Waals surface area (Å²) < 4.78 is 28.3. The van der Waals surface area contributed by atoms with Gasteiger partial charge in [0.05, 0.1) is 0 Å². The second-order valence-electron chi connectivity index (χ2n) is 3.82. The van der Waals surface area contributed by atoms with Gasteiger partial charge in [0, 0.05) is 25.4 Å². The minimum atomic E-state index is -0.774. The Labute approximate surface area is 103 Å². The zero-order valence-electron chi connectivity index (χ0n) is 9.57. The molecular weight excluding hydrogens is 238 g/mol. The van der Waals surface area contributed by atoms with Crippen molar-refractivity contribution >= 4 is 11.6 Å². The molecule has 2 aromatic rings. The van der Waals surface area contributed by atoms with Gasteiger partial charge in [0.15, 0.2) is 0 Å². The summed E-state index contributed by atoms with van der Waals surface area (Å²) in [4.78, 5) is 11.6. The Kier molecular flexibility index (Phi) is 3.72. The van der Waals surface area contributed by atoms with Crippen LogP contribution in [0.2, 0.25) is 0 Å². The van der Waals surface area contributed by atoms with Crippen LogP contribution in [0.1, 0.15) is 6.42 Å². The van der Waals surface area contributed by atoms with E-state index in [-0.39, 0.29) is 6.42 Å². The minimum absolute atomic E-state index is 0.155. The summed E-state index contributed by atoms with van der Waals surface area (Å²) in [5.41, 5.74) is -0.394. The quantitative estimate of drug-likeness (QED) is 0.889. The topological polar surface area (TPSA) is 34.0 Å². The first-order valence-corrected chi connectivity index (χ1v) is 5.51. The molecule has 0 saturated heterocycles. The molecule has 94 valence electrons. The SMILES string of the molecule is O=C(CCn1cccc1)Nc1c(F)cccc1F. The van der Waals surface area contributed by atoms with Gasteiger partial charge in [0.1, 0.15) is 17.3 Å².